The van der Waals surface area contributed by atoms with E-state index in [4.69, 9.17) is 9.15 Å². The van der Waals surface area contributed by atoms with Crippen LogP contribution in [0.5, 0.6) is 11.5 Å². The van der Waals surface area contributed by atoms with Crippen molar-refractivity contribution in [3.63, 3.8) is 0 Å². The number of carbonyl (C=O) groups excluding carboxylic acids is 1. The highest BCUT2D eigenvalue weighted by atomic mass is 16.5. The van der Waals surface area contributed by atoms with E-state index in [1.807, 2.05) is 25.1 Å². The monoisotopic (exact) mass is 433 g/mol. The van der Waals surface area contributed by atoms with E-state index in [-0.39, 0.29) is 18.3 Å². The lowest BCUT2D eigenvalue weighted by molar-refractivity contribution is 0.0774. The molecule has 0 spiro atoms. The van der Waals surface area contributed by atoms with Gasteiger partial charge in [0, 0.05) is 18.7 Å². The lowest BCUT2D eigenvalue weighted by Gasteiger charge is -2.18. The van der Waals surface area contributed by atoms with E-state index in [1.165, 1.54) is 12.5 Å². The van der Waals surface area contributed by atoms with Gasteiger partial charge >= 0.3 is 0 Å². The molecular weight excluding hydrogens is 410 g/mol. The SMILES string of the molecule is Cc1ncoc1CN(C)C(=O)c1ccccc1Cn1cc(COc2cccc(O)c2)nn1. The number of ether oxygens (including phenoxy) is 1. The molecule has 0 aliphatic rings. The predicted molar refractivity (Wildman–Crippen MR) is 115 cm³/mol. The molecule has 4 rings (SSSR count). The summed E-state index contributed by atoms with van der Waals surface area (Å²) in [6.07, 6.45) is 3.15. The third-order valence-electron chi connectivity index (χ3n) is 4.94. The zero-order chi connectivity index (χ0) is 22.5. The average Bonchev–Trinajstić information content (AvgIpc) is 3.41. The summed E-state index contributed by atoms with van der Waals surface area (Å²) in [5.74, 6) is 1.21. The normalized spacial score (nSPS) is 10.8. The maximum Gasteiger partial charge on any atom is 0.254 e. The highest BCUT2D eigenvalue weighted by molar-refractivity contribution is 5.95. The van der Waals surface area contributed by atoms with E-state index in [0.717, 1.165) is 11.3 Å². The summed E-state index contributed by atoms with van der Waals surface area (Å²) in [6, 6.07) is 14.0. The average molecular weight is 433 g/mol. The fourth-order valence-corrected chi connectivity index (χ4v) is 3.22. The molecule has 2 heterocycles. The minimum absolute atomic E-state index is 0.121. The molecule has 2 aromatic heterocycles. The van der Waals surface area contributed by atoms with E-state index >= 15 is 0 Å². The minimum Gasteiger partial charge on any atom is -0.508 e. The standard InChI is InChI=1S/C23H23N5O4/c1-16-22(32-15-24-16)13-27(2)23(30)21-9-4-3-6-17(21)11-28-12-18(25-26-28)14-31-20-8-5-7-19(29)10-20/h3-10,12,15,29H,11,13-14H2,1-2H3. The molecule has 1 N–H and O–H groups in total. The summed E-state index contributed by atoms with van der Waals surface area (Å²) in [5.41, 5.74) is 2.81. The number of carbonyl (C=O) groups is 1. The van der Waals surface area contributed by atoms with Crippen LogP contribution in [0.4, 0.5) is 0 Å². The van der Waals surface area contributed by atoms with Gasteiger partial charge in [0.25, 0.3) is 5.91 Å². The first-order chi connectivity index (χ1) is 15.5. The molecule has 4 aromatic rings. The van der Waals surface area contributed by atoms with Gasteiger partial charge in [0.05, 0.1) is 25.0 Å². The highest BCUT2D eigenvalue weighted by Gasteiger charge is 2.18. The van der Waals surface area contributed by atoms with Crippen molar-refractivity contribution in [2.45, 2.75) is 26.6 Å². The van der Waals surface area contributed by atoms with Crippen LogP contribution in [0.3, 0.4) is 0 Å². The van der Waals surface area contributed by atoms with Gasteiger partial charge in [-0.1, -0.05) is 29.5 Å². The molecule has 0 aliphatic carbocycles. The molecule has 0 bridgehead atoms. The summed E-state index contributed by atoms with van der Waals surface area (Å²) in [6.45, 7) is 2.77. The maximum atomic E-state index is 13.1. The zero-order valence-corrected chi connectivity index (χ0v) is 17.8. The Morgan fingerprint density at radius 3 is 2.84 bits per heavy atom. The van der Waals surface area contributed by atoms with Crippen LogP contribution in [0, 0.1) is 6.92 Å². The number of hydrogen-bond donors (Lipinski definition) is 1. The smallest absolute Gasteiger partial charge is 0.254 e. The minimum atomic E-state index is -0.121. The number of aromatic nitrogens is 4. The third-order valence-corrected chi connectivity index (χ3v) is 4.94. The Balaban J connectivity index is 1.43. The summed E-state index contributed by atoms with van der Waals surface area (Å²) in [7, 11) is 1.73. The van der Waals surface area contributed by atoms with Gasteiger partial charge in [-0.2, -0.15) is 0 Å². The number of oxazole rings is 1. The van der Waals surface area contributed by atoms with Crippen molar-refractivity contribution < 1.29 is 19.1 Å². The van der Waals surface area contributed by atoms with Crippen molar-refractivity contribution in [3.05, 3.63) is 89.4 Å². The van der Waals surface area contributed by atoms with Gasteiger partial charge in [-0.25, -0.2) is 9.67 Å². The number of benzene rings is 2. The highest BCUT2D eigenvalue weighted by Crippen LogP contribution is 2.19. The van der Waals surface area contributed by atoms with E-state index in [1.54, 1.807) is 47.1 Å². The third kappa shape index (κ3) is 4.94. The van der Waals surface area contributed by atoms with E-state index in [0.29, 0.717) is 35.9 Å². The van der Waals surface area contributed by atoms with Crippen molar-refractivity contribution in [2.75, 3.05) is 7.05 Å². The van der Waals surface area contributed by atoms with Crippen LogP contribution in [0.2, 0.25) is 0 Å². The first-order valence-electron chi connectivity index (χ1n) is 10.0. The number of amides is 1. The number of phenolic OH excluding ortho intramolecular Hbond substituents is 1. The Bertz CT molecular complexity index is 1220. The van der Waals surface area contributed by atoms with Crippen LogP contribution in [0.25, 0.3) is 0 Å². The Morgan fingerprint density at radius 2 is 2.06 bits per heavy atom. The second-order valence-electron chi connectivity index (χ2n) is 7.37. The van der Waals surface area contributed by atoms with Crippen molar-refractivity contribution in [3.8, 4) is 11.5 Å². The quantitative estimate of drug-likeness (QED) is 0.455. The molecule has 0 unspecified atom stereocenters. The molecule has 2 aromatic carbocycles. The molecule has 0 saturated heterocycles. The van der Waals surface area contributed by atoms with E-state index in [2.05, 4.69) is 15.3 Å². The summed E-state index contributed by atoms with van der Waals surface area (Å²) < 4.78 is 12.7. The maximum absolute atomic E-state index is 13.1. The summed E-state index contributed by atoms with van der Waals surface area (Å²) >= 11 is 0. The molecule has 164 valence electrons. The fraction of sp³-hybridized carbons (Fsp3) is 0.217. The van der Waals surface area contributed by atoms with E-state index in [9.17, 15) is 9.90 Å². The Labute approximate surface area is 184 Å². The molecule has 0 saturated carbocycles. The van der Waals surface area contributed by atoms with Gasteiger partial charge in [0.15, 0.2) is 6.39 Å². The Hall–Kier alpha value is -4.14. The first-order valence-corrected chi connectivity index (χ1v) is 10.0. The molecule has 9 nitrogen and oxygen atoms in total. The van der Waals surface area contributed by atoms with Gasteiger partial charge < -0.3 is 19.2 Å². The van der Waals surface area contributed by atoms with Crippen molar-refractivity contribution in [1.29, 1.82) is 0 Å². The largest absolute Gasteiger partial charge is 0.508 e. The number of nitrogens with zero attached hydrogens (tertiary/aromatic N) is 5. The number of phenols is 1. The van der Waals surface area contributed by atoms with Gasteiger partial charge in [-0.05, 0) is 30.7 Å². The van der Waals surface area contributed by atoms with Crippen molar-refractivity contribution in [1.82, 2.24) is 24.9 Å². The topological polar surface area (TPSA) is 107 Å². The molecule has 1 amide bonds. The summed E-state index contributed by atoms with van der Waals surface area (Å²) in [4.78, 5) is 18.7. The van der Waals surface area contributed by atoms with Crippen LogP contribution >= 0.6 is 0 Å². The first kappa shape index (κ1) is 21.1. The van der Waals surface area contributed by atoms with Crippen LogP contribution in [0.1, 0.15) is 33.1 Å². The lowest BCUT2D eigenvalue weighted by Crippen LogP contribution is -2.27. The Kier molecular flexibility index (Phi) is 6.16. The number of hydrogen-bond acceptors (Lipinski definition) is 7. The van der Waals surface area contributed by atoms with Gasteiger partial charge in [-0.15, -0.1) is 5.10 Å². The van der Waals surface area contributed by atoms with Gasteiger partial charge in [0.2, 0.25) is 0 Å². The molecule has 9 heteroatoms. The molecular formula is C23H23N5O4. The predicted octanol–water partition coefficient (Wildman–Crippen LogP) is 3.18. The van der Waals surface area contributed by atoms with Gasteiger partial charge in [-0.3, -0.25) is 4.79 Å². The molecule has 0 atom stereocenters. The Morgan fingerprint density at radius 1 is 1.22 bits per heavy atom. The van der Waals surface area contributed by atoms with Crippen LogP contribution in [-0.2, 0) is 19.7 Å². The number of aromatic hydroxyl groups is 1. The number of aryl methyl sites for hydroxylation is 1. The van der Waals surface area contributed by atoms with Crippen molar-refractivity contribution in [2.24, 2.45) is 0 Å². The van der Waals surface area contributed by atoms with Crippen LogP contribution < -0.4 is 4.74 Å². The second-order valence-corrected chi connectivity index (χ2v) is 7.37. The lowest BCUT2D eigenvalue weighted by atomic mass is 10.1. The van der Waals surface area contributed by atoms with E-state index < -0.39 is 0 Å². The number of rotatable bonds is 8. The molecule has 32 heavy (non-hydrogen) atoms. The molecule has 0 fully saturated rings. The van der Waals surface area contributed by atoms with Gasteiger partial charge in [0.1, 0.15) is 29.6 Å². The fourth-order valence-electron chi connectivity index (χ4n) is 3.22. The van der Waals surface area contributed by atoms with Crippen LogP contribution in [-0.4, -0.2) is 42.9 Å². The second kappa shape index (κ2) is 9.34. The molecule has 0 radical (unpaired) electrons. The van der Waals surface area contributed by atoms with Crippen molar-refractivity contribution >= 4 is 5.91 Å². The zero-order valence-electron chi connectivity index (χ0n) is 17.8. The van der Waals surface area contributed by atoms with Crippen LogP contribution in [0.15, 0.2) is 65.5 Å². The summed E-state index contributed by atoms with van der Waals surface area (Å²) in [5, 5.41) is 17.8. The molecule has 0 aliphatic heterocycles.